The monoisotopic (exact) mass is 603 g/mol. The number of hydrogen-bond donors (Lipinski definition) is 0. The Morgan fingerprint density at radius 1 is 0.404 bits per heavy atom. The Morgan fingerprint density at radius 3 is 1.49 bits per heavy atom. The highest BCUT2D eigenvalue weighted by atomic mass is 15.1. The van der Waals surface area contributed by atoms with Crippen LogP contribution in [0.1, 0.15) is 6.92 Å². The van der Waals surface area contributed by atoms with Gasteiger partial charge in [0.1, 0.15) is 0 Å². The van der Waals surface area contributed by atoms with Crippen LogP contribution in [-0.4, -0.2) is 9.13 Å². The van der Waals surface area contributed by atoms with Crippen molar-refractivity contribution in [2.45, 2.75) is 13.5 Å². The quantitative estimate of drug-likeness (QED) is 0.184. The van der Waals surface area contributed by atoms with E-state index >= 15 is 0 Å². The second-order valence-corrected chi connectivity index (χ2v) is 12.1. The molecule has 0 saturated carbocycles. The molecule has 0 aliphatic carbocycles. The molecule has 0 aliphatic rings. The van der Waals surface area contributed by atoms with E-state index in [-0.39, 0.29) is 0 Å². The van der Waals surface area contributed by atoms with Gasteiger partial charge in [-0.05, 0) is 96.9 Å². The van der Waals surface area contributed by atoms with Gasteiger partial charge in [0.2, 0.25) is 0 Å². The van der Waals surface area contributed by atoms with Crippen LogP contribution in [0.2, 0.25) is 0 Å². The zero-order valence-corrected chi connectivity index (χ0v) is 26.2. The molecule has 0 fully saturated rings. The molecular formula is C44H33N3. The standard InChI is InChI=1S/C44H33N3/c1-2-45-41-17-9-6-16-39(41)40-30-32(22-29-42(40)45)31-20-23-34(24-21-31)46(33-12-4-3-5-13-33)35-25-27-36(28-26-35)47-43-18-10-7-14-37(43)38-15-8-11-19-44(38)47/h3-30H,2H2,1H3. The Bertz CT molecular complexity index is 2480. The number of benzene rings is 7. The van der Waals surface area contributed by atoms with Crippen molar-refractivity contribution in [3.05, 3.63) is 170 Å². The molecule has 9 aromatic rings. The van der Waals surface area contributed by atoms with Gasteiger partial charge in [-0.1, -0.05) is 91.0 Å². The number of anilines is 3. The van der Waals surface area contributed by atoms with Crippen molar-refractivity contribution >= 4 is 60.7 Å². The summed E-state index contributed by atoms with van der Waals surface area (Å²) in [5.74, 6) is 0. The Balaban J connectivity index is 1.11. The largest absolute Gasteiger partial charge is 0.341 e. The molecule has 224 valence electrons. The molecule has 0 atom stereocenters. The third-order valence-corrected chi connectivity index (χ3v) is 9.51. The topological polar surface area (TPSA) is 13.1 Å². The van der Waals surface area contributed by atoms with Crippen molar-refractivity contribution in [1.82, 2.24) is 9.13 Å². The molecule has 0 N–H and O–H groups in total. The molecule has 2 aromatic heterocycles. The SMILES string of the molecule is CCn1c2ccccc2c2cc(-c3ccc(N(c4ccccc4)c4ccc(-n5c6ccccc6c6ccccc65)cc4)cc3)ccc21. The van der Waals surface area contributed by atoms with E-state index in [0.717, 1.165) is 29.3 Å². The first-order valence-electron chi connectivity index (χ1n) is 16.3. The fourth-order valence-corrected chi connectivity index (χ4v) is 7.35. The van der Waals surface area contributed by atoms with E-state index in [1.807, 2.05) is 0 Å². The average molecular weight is 604 g/mol. The zero-order valence-electron chi connectivity index (χ0n) is 26.2. The maximum absolute atomic E-state index is 2.40. The second kappa shape index (κ2) is 11.1. The van der Waals surface area contributed by atoms with E-state index in [1.165, 1.54) is 54.7 Å². The molecule has 0 spiro atoms. The van der Waals surface area contributed by atoms with E-state index < -0.39 is 0 Å². The van der Waals surface area contributed by atoms with Gasteiger partial charge in [0.15, 0.2) is 0 Å². The Morgan fingerprint density at radius 2 is 0.872 bits per heavy atom. The van der Waals surface area contributed by atoms with Crippen molar-refractivity contribution in [1.29, 1.82) is 0 Å². The molecule has 0 bridgehead atoms. The van der Waals surface area contributed by atoms with Crippen molar-refractivity contribution in [2.75, 3.05) is 4.90 Å². The van der Waals surface area contributed by atoms with E-state index in [9.17, 15) is 0 Å². The van der Waals surface area contributed by atoms with Crippen LogP contribution in [0.4, 0.5) is 17.1 Å². The number of hydrogen-bond acceptors (Lipinski definition) is 1. The molecule has 0 aliphatic heterocycles. The fourth-order valence-electron chi connectivity index (χ4n) is 7.35. The van der Waals surface area contributed by atoms with Crippen LogP contribution in [0.25, 0.3) is 60.4 Å². The van der Waals surface area contributed by atoms with Crippen molar-refractivity contribution in [2.24, 2.45) is 0 Å². The van der Waals surface area contributed by atoms with Crippen LogP contribution in [0, 0.1) is 0 Å². The summed E-state index contributed by atoms with van der Waals surface area (Å²) in [6.07, 6.45) is 0. The zero-order chi connectivity index (χ0) is 31.3. The van der Waals surface area contributed by atoms with E-state index in [0.29, 0.717) is 0 Å². The van der Waals surface area contributed by atoms with Gasteiger partial charge in [-0.2, -0.15) is 0 Å². The van der Waals surface area contributed by atoms with Gasteiger partial charge in [0.05, 0.1) is 11.0 Å². The lowest BCUT2D eigenvalue weighted by Gasteiger charge is -2.26. The molecule has 3 heteroatoms. The highest BCUT2D eigenvalue weighted by molar-refractivity contribution is 6.10. The van der Waals surface area contributed by atoms with Crippen molar-refractivity contribution in [3.8, 4) is 16.8 Å². The van der Waals surface area contributed by atoms with Crippen LogP contribution in [0.15, 0.2) is 170 Å². The second-order valence-electron chi connectivity index (χ2n) is 12.1. The van der Waals surface area contributed by atoms with Gasteiger partial charge in [-0.25, -0.2) is 0 Å². The smallest absolute Gasteiger partial charge is 0.0541 e. The summed E-state index contributed by atoms with van der Waals surface area (Å²) in [6.45, 7) is 3.17. The molecule has 7 aromatic carbocycles. The Kier molecular flexibility index (Phi) is 6.43. The van der Waals surface area contributed by atoms with Gasteiger partial charge < -0.3 is 14.0 Å². The fraction of sp³-hybridized carbons (Fsp3) is 0.0455. The maximum atomic E-state index is 2.40. The molecule has 3 nitrogen and oxygen atoms in total. The first-order valence-corrected chi connectivity index (χ1v) is 16.3. The van der Waals surface area contributed by atoms with Gasteiger partial charge in [0.25, 0.3) is 0 Å². The van der Waals surface area contributed by atoms with Gasteiger partial charge in [-0.15, -0.1) is 0 Å². The van der Waals surface area contributed by atoms with E-state index in [4.69, 9.17) is 0 Å². The number of nitrogens with zero attached hydrogens (tertiary/aromatic N) is 3. The van der Waals surface area contributed by atoms with Gasteiger partial charge in [-0.3, -0.25) is 0 Å². The Hall–Kier alpha value is -6.06. The molecule has 2 heterocycles. The molecule has 0 unspecified atom stereocenters. The van der Waals surface area contributed by atoms with Gasteiger partial charge in [0, 0.05) is 61.9 Å². The van der Waals surface area contributed by atoms with Gasteiger partial charge >= 0.3 is 0 Å². The van der Waals surface area contributed by atoms with Crippen LogP contribution < -0.4 is 4.90 Å². The van der Waals surface area contributed by atoms with Crippen LogP contribution in [0.5, 0.6) is 0 Å². The number of rotatable bonds is 6. The number of para-hydroxylation sites is 4. The molecule has 9 rings (SSSR count). The number of fused-ring (bicyclic) bond motifs is 6. The summed E-state index contributed by atoms with van der Waals surface area (Å²) in [7, 11) is 0. The summed E-state index contributed by atoms with van der Waals surface area (Å²) in [5.41, 5.74) is 11.9. The first-order chi connectivity index (χ1) is 23.3. The molecule has 47 heavy (non-hydrogen) atoms. The maximum Gasteiger partial charge on any atom is 0.0541 e. The lowest BCUT2D eigenvalue weighted by atomic mass is 10.0. The predicted octanol–water partition coefficient (Wildman–Crippen LogP) is 12.0. The normalized spacial score (nSPS) is 11.6. The summed E-state index contributed by atoms with van der Waals surface area (Å²) in [6, 6.07) is 61.5. The third-order valence-electron chi connectivity index (χ3n) is 9.51. The highest BCUT2D eigenvalue weighted by Gasteiger charge is 2.16. The molecule has 0 amide bonds. The lowest BCUT2D eigenvalue weighted by Crippen LogP contribution is -2.10. The highest BCUT2D eigenvalue weighted by Crippen LogP contribution is 2.38. The average Bonchev–Trinajstić information content (AvgIpc) is 3.65. The summed E-state index contributed by atoms with van der Waals surface area (Å²) in [4.78, 5) is 2.33. The van der Waals surface area contributed by atoms with Crippen LogP contribution in [-0.2, 0) is 6.54 Å². The molecule has 0 radical (unpaired) electrons. The summed E-state index contributed by atoms with van der Waals surface area (Å²) < 4.78 is 4.77. The third kappa shape index (κ3) is 4.43. The van der Waals surface area contributed by atoms with E-state index in [1.54, 1.807) is 0 Å². The van der Waals surface area contributed by atoms with Crippen molar-refractivity contribution < 1.29 is 0 Å². The first kappa shape index (κ1) is 27.3. The minimum absolute atomic E-state index is 0.951. The summed E-state index contributed by atoms with van der Waals surface area (Å²) >= 11 is 0. The number of aryl methyl sites for hydroxylation is 1. The van der Waals surface area contributed by atoms with Crippen molar-refractivity contribution in [3.63, 3.8) is 0 Å². The van der Waals surface area contributed by atoms with Crippen LogP contribution >= 0.6 is 0 Å². The minimum atomic E-state index is 0.951. The summed E-state index contributed by atoms with van der Waals surface area (Å²) in [5, 5.41) is 5.16. The molecule has 0 saturated heterocycles. The van der Waals surface area contributed by atoms with E-state index in [2.05, 4.69) is 191 Å². The Labute approximate surface area is 274 Å². The predicted molar refractivity (Wildman–Crippen MR) is 200 cm³/mol. The minimum Gasteiger partial charge on any atom is -0.341 e. The van der Waals surface area contributed by atoms with Crippen LogP contribution in [0.3, 0.4) is 0 Å². The lowest BCUT2D eigenvalue weighted by molar-refractivity contribution is 0.827. The number of aromatic nitrogens is 2. The molecular weight excluding hydrogens is 571 g/mol.